The van der Waals surface area contributed by atoms with Crippen LogP contribution in [0.4, 0.5) is 24.5 Å². The Hall–Kier alpha value is -4.45. The fourth-order valence-corrected chi connectivity index (χ4v) is 6.01. The maximum absolute atomic E-state index is 14.1. The number of nitro benzene ring substituents is 1. The number of hydroxylamine groups is 1. The first kappa shape index (κ1) is 36.0. The van der Waals surface area contributed by atoms with E-state index in [1.807, 2.05) is 30.3 Å². The van der Waals surface area contributed by atoms with Crippen molar-refractivity contribution in [2.45, 2.75) is 57.7 Å². The fraction of sp³-hybridized carbons (Fsp3) is 0.448. The Morgan fingerprint density at radius 3 is 2.37 bits per heavy atom. The van der Waals surface area contributed by atoms with E-state index in [9.17, 15) is 42.9 Å². The van der Waals surface area contributed by atoms with Crippen LogP contribution in [-0.4, -0.2) is 87.8 Å². The molecule has 2 saturated heterocycles. The van der Waals surface area contributed by atoms with E-state index in [0.29, 0.717) is 29.8 Å². The molecule has 46 heavy (non-hydrogen) atoms. The molecule has 250 valence electrons. The number of ether oxygens (including phenoxy) is 1. The van der Waals surface area contributed by atoms with E-state index < -0.39 is 41.2 Å². The predicted octanol–water partition coefficient (Wildman–Crippen LogP) is 2.43. The van der Waals surface area contributed by atoms with Crippen molar-refractivity contribution in [2.75, 3.05) is 19.6 Å². The highest BCUT2D eigenvalue weighted by Gasteiger charge is 2.61. The van der Waals surface area contributed by atoms with Crippen molar-refractivity contribution in [3.63, 3.8) is 0 Å². The van der Waals surface area contributed by atoms with Crippen LogP contribution >= 0.6 is 0 Å². The number of alkyl halides is 3. The lowest BCUT2D eigenvalue weighted by molar-refractivity contribution is -0.385. The van der Waals surface area contributed by atoms with Gasteiger partial charge in [-0.3, -0.25) is 24.9 Å². The Labute approximate surface area is 261 Å². The number of likely N-dealkylation sites (tertiary alicyclic amines) is 2. The van der Waals surface area contributed by atoms with Crippen molar-refractivity contribution >= 4 is 35.1 Å². The summed E-state index contributed by atoms with van der Waals surface area (Å²) in [5.41, 5.74) is 10.1. The number of carbonyl (C=O) groups excluding carboxylic acids is 3. The Balaban J connectivity index is 0.000000738. The largest absolute Gasteiger partial charge is 0.490 e. The van der Waals surface area contributed by atoms with Crippen molar-refractivity contribution in [3.8, 4) is 0 Å². The van der Waals surface area contributed by atoms with Gasteiger partial charge in [0.15, 0.2) is 6.04 Å². The minimum absolute atomic E-state index is 0.0174. The van der Waals surface area contributed by atoms with Crippen molar-refractivity contribution in [1.29, 1.82) is 0 Å². The van der Waals surface area contributed by atoms with Gasteiger partial charge in [-0.1, -0.05) is 24.3 Å². The number of halogens is 3. The highest BCUT2D eigenvalue weighted by Crippen LogP contribution is 2.40. The molecule has 2 fully saturated rings. The summed E-state index contributed by atoms with van der Waals surface area (Å²) < 4.78 is 37.7. The fourth-order valence-electron chi connectivity index (χ4n) is 6.01. The molecule has 3 unspecified atom stereocenters. The molecular formula is C29H35F3N5O9+. The summed E-state index contributed by atoms with van der Waals surface area (Å²) in [6, 6.07) is 12.3. The zero-order valence-electron chi connectivity index (χ0n) is 25.0. The lowest BCUT2D eigenvalue weighted by Gasteiger charge is -2.47. The number of nitrogens with zero attached hydrogens (tertiary/aromatic N) is 3. The Morgan fingerprint density at radius 2 is 1.83 bits per heavy atom. The maximum Gasteiger partial charge on any atom is 0.490 e. The molecule has 17 heteroatoms. The van der Waals surface area contributed by atoms with Crippen LogP contribution in [-0.2, 0) is 30.5 Å². The van der Waals surface area contributed by atoms with E-state index in [4.69, 9.17) is 20.4 Å². The van der Waals surface area contributed by atoms with Gasteiger partial charge in [0, 0.05) is 37.9 Å². The molecule has 0 aliphatic carbocycles. The summed E-state index contributed by atoms with van der Waals surface area (Å²) in [6.45, 7) is 4.05. The maximum atomic E-state index is 14.1. The number of hydrogen-bond acceptors (Lipinski definition) is 9. The van der Waals surface area contributed by atoms with Gasteiger partial charge < -0.3 is 20.5 Å². The third kappa shape index (κ3) is 8.22. The average molecular weight is 655 g/mol. The molecule has 4 rings (SSSR count). The third-order valence-electron chi connectivity index (χ3n) is 8.11. The summed E-state index contributed by atoms with van der Waals surface area (Å²) >= 11 is 0. The average Bonchev–Trinajstić information content (AvgIpc) is 3.26. The van der Waals surface area contributed by atoms with Gasteiger partial charge in [0.2, 0.25) is 11.8 Å². The second kappa shape index (κ2) is 14.8. The van der Waals surface area contributed by atoms with Gasteiger partial charge in [-0.2, -0.15) is 13.2 Å². The molecule has 5 N–H and O–H groups in total. The van der Waals surface area contributed by atoms with Gasteiger partial charge in [-0.05, 0) is 36.6 Å². The predicted molar refractivity (Wildman–Crippen MR) is 155 cm³/mol. The third-order valence-corrected chi connectivity index (χ3v) is 8.11. The van der Waals surface area contributed by atoms with E-state index in [-0.39, 0.29) is 54.0 Å². The van der Waals surface area contributed by atoms with Crippen LogP contribution in [0.25, 0.3) is 0 Å². The van der Waals surface area contributed by atoms with Crippen LogP contribution in [0.5, 0.6) is 0 Å². The molecule has 0 saturated carbocycles. The van der Waals surface area contributed by atoms with Crippen LogP contribution in [0.15, 0.2) is 48.5 Å². The summed E-state index contributed by atoms with van der Waals surface area (Å²) in [4.78, 5) is 60.2. The minimum Gasteiger partial charge on any atom is -0.475 e. The summed E-state index contributed by atoms with van der Waals surface area (Å²) in [5, 5.41) is 27.6. The molecule has 0 aromatic heterocycles. The number of amides is 3. The normalized spacial score (nSPS) is 24.5. The van der Waals surface area contributed by atoms with E-state index in [0.717, 1.165) is 0 Å². The smallest absolute Gasteiger partial charge is 0.475 e. The standard InChI is InChI=1S/C27H33N5O7.C2HF3O2/c1-17-10-19(12-21(11-17)31(37)38)16-39-24-15-32(27(35)26(24)28,22-6-4-3-5-7-22)23-14-30(18(2)33)9-8-20(23)13-25(34)29-36;3-2(4,5)1(6)7/h3-7,10-12,20,23-24,26H,8-9,13-16,28H2,1-2H3,(H-,29,34,36);(H,6,7)/p+1/t20?,23-,24?,26?,32+;/m0./s1. The Bertz CT molecular complexity index is 1460. The number of non-ortho nitro benzene ring substituents is 1. The number of piperidine rings is 1. The first-order valence-electron chi connectivity index (χ1n) is 14.1. The number of hydrogen-bond donors (Lipinski definition) is 4. The summed E-state index contributed by atoms with van der Waals surface area (Å²) in [7, 11) is 0. The SMILES string of the molecule is CC(=O)N1CCC(CC(=O)NO)[C@@H]([N@+]2(c3ccccc3)CC(OCc3cc(C)cc([N+](=O)[O-])c3)C(N)C2=O)C1.O=C(O)C(F)(F)F. The molecule has 2 aromatic rings. The summed E-state index contributed by atoms with van der Waals surface area (Å²) in [6.07, 6.45) is -5.37. The van der Waals surface area contributed by atoms with Crippen molar-refractivity contribution in [3.05, 3.63) is 69.8 Å². The first-order chi connectivity index (χ1) is 21.5. The highest BCUT2D eigenvalue weighted by molar-refractivity contribution is 5.96. The number of carboxylic acids is 1. The van der Waals surface area contributed by atoms with Gasteiger partial charge in [0.1, 0.15) is 24.4 Å². The molecule has 3 amide bonds. The van der Waals surface area contributed by atoms with Crippen molar-refractivity contribution in [1.82, 2.24) is 14.9 Å². The minimum atomic E-state index is -5.08. The van der Waals surface area contributed by atoms with Gasteiger partial charge in [-0.15, -0.1) is 0 Å². The zero-order valence-corrected chi connectivity index (χ0v) is 25.0. The number of carbonyl (C=O) groups is 4. The number of rotatable bonds is 8. The van der Waals surface area contributed by atoms with Crippen LogP contribution < -0.4 is 15.7 Å². The van der Waals surface area contributed by atoms with Gasteiger partial charge in [0.05, 0.1) is 18.1 Å². The zero-order chi connectivity index (χ0) is 34.4. The summed E-state index contributed by atoms with van der Waals surface area (Å²) in [5.74, 6) is -4.10. The van der Waals surface area contributed by atoms with Crippen molar-refractivity contribution in [2.24, 2.45) is 11.7 Å². The van der Waals surface area contributed by atoms with E-state index in [1.165, 1.54) is 19.1 Å². The second-order valence-electron chi connectivity index (χ2n) is 11.2. The number of carboxylic acid groups (broad SMARTS) is 1. The van der Waals surface area contributed by atoms with Crippen LogP contribution in [0.2, 0.25) is 0 Å². The Morgan fingerprint density at radius 1 is 1.20 bits per heavy atom. The second-order valence-corrected chi connectivity index (χ2v) is 11.2. The van der Waals surface area contributed by atoms with Gasteiger partial charge >= 0.3 is 18.1 Å². The van der Waals surface area contributed by atoms with Crippen LogP contribution in [0.1, 0.15) is 30.9 Å². The number of quaternary nitrogens is 1. The lowest BCUT2D eigenvalue weighted by atomic mass is 9.85. The number of aliphatic carboxylic acids is 1. The Kier molecular flexibility index (Phi) is 11.6. The van der Waals surface area contributed by atoms with E-state index >= 15 is 0 Å². The molecule has 2 heterocycles. The number of nitrogens with two attached hydrogens (primary N) is 1. The molecule has 0 bridgehead atoms. The number of nitrogens with one attached hydrogen (secondary N) is 1. The monoisotopic (exact) mass is 654 g/mol. The van der Waals surface area contributed by atoms with Crippen LogP contribution in [0, 0.1) is 23.0 Å². The van der Waals surface area contributed by atoms with Gasteiger partial charge in [0.25, 0.3) is 5.69 Å². The quantitative estimate of drug-likeness (QED) is 0.142. The van der Waals surface area contributed by atoms with Gasteiger partial charge in [-0.25, -0.2) is 19.6 Å². The lowest BCUT2D eigenvalue weighted by Crippen LogP contribution is -2.68. The van der Waals surface area contributed by atoms with E-state index in [1.54, 1.807) is 23.4 Å². The van der Waals surface area contributed by atoms with E-state index in [2.05, 4.69) is 0 Å². The first-order valence-corrected chi connectivity index (χ1v) is 14.1. The number of nitro groups is 1. The highest BCUT2D eigenvalue weighted by atomic mass is 19.4. The molecule has 2 aliphatic rings. The molecule has 2 aromatic carbocycles. The topological polar surface area (TPSA) is 202 Å². The molecule has 5 atom stereocenters. The van der Waals surface area contributed by atoms with Crippen LogP contribution in [0.3, 0.4) is 0 Å². The molecule has 14 nitrogen and oxygen atoms in total. The molecule has 2 aliphatic heterocycles. The van der Waals surface area contributed by atoms with Crippen molar-refractivity contribution < 1.29 is 52.3 Å². The number of aryl methyl sites for hydroxylation is 1. The molecule has 0 spiro atoms. The number of benzene rings is 2. The molecular weight excluding hydrogens is 619 g/mol. The number of para-hydroxylation sites is 1. The molecule has 0 radical (unpaired) electrons.